The molecule has 0 aliphatic carbocycles. The summed E-state index contributed by atoms with van der Waals surface area (Å²) in [6.45, 7) is 0. The average Bonchev–Trinajstić information content (AvgIpc) is 2.45. The fourth-order valence-corrected chi connectivity index (χ4v) is 2.46. The summed E-state index contributed by atoms with van der Waals surface area (Å²) in [5, 5.41) is 34.7. The summed E-state index contributed by atoms with van der Waals surface area (Å²) in [5.74, 6) is -3.20. The molecule has 0 aromatic carbocycles. The van der Waals surface area contributed by atoms with E-state index in [1.807, 2.05) is 0 Å². The molecule has 0 rings (SSSR count). The number of hydrogen-bond donors (Lipinski definition) is 4. The Balaban J connectivity index is 3.16. The van der Waals surface area contributed by atoms with Gasteiger partial charge in [0.1, 0.15) is 0 Å². The first-order valence-electron chi connectivity index (χ1n) is 8.96. The van der Waals surface area contributed by atoms with Crippen LogP contribution in [-0.4, -0.2) is 32.4 Å². The molecule has 4 N–H and O–H groups in total. The van der Waals surface area contributed by atoms with E-state index in [1.54, 1.807) is 0 Å². The predicted octanol–water partition coefficient (Wildman–Crippen LogP) is 3.72. The standard InChI is InChI=1S/C18H34O5/c19-17(20)15-13-11-9-7-5-3-1-2-4-6-8-10-12-14-16-18(21,22)23/h2,4,21-23H,1,3,5-16H2,(H,19,20). The first-order valence-corrected chi connectivity index (χ1v) is 8.96. The topological polar surface area (TPSA) is 98.0 Å². The first-order chi connectivity index (χ1) is 10.9. The van der Waals surface area contributed by atoms with Crippen molar-refractivity contribution in [1.82, 2.24) is 0 Å². The van der Waals surface area contributed by atoms with E-state index in [-0.39, 0.29) is 6.42 Å². The summed E-state index contributed by atoms with van der Waals surface area (Å²) in [6, 6.07) is 0. The van der Waals surface area contributed by atoms with Crippen molar-refractivity contribution in [2.75, 3.05) is 0 Å². The number of carboxylic acid groups (broad SMARTS) is 1. The van der Waals surface area contributed by atoms with Crippen LogP contribution in [0.25, 0.3) is 0 Å². The van der Waals surface area contributed by atoms with Crippen molar-refractivity contribution in [1.29, 1.82) is 0 Å². The molecule has 136 valence electrons. The Morgan fingerprint density at radius 3 is 1.61 bits per heavy atom. The van der Waals surface area contributed by atoms with Gasteiger partial charge in [0.15, 0.2) is 0 Å². The van der Waals surface area contributed by atoms with E-state index < -0.39 is 11.9 Å². The Labute approximate surface area is 140 Å². The van der Waals surface area contributed by atoms with Gasteiger partial charge in [-0.2, -0.15) is 0 Å². The molecule has 5 heteroatoms. The summed E-state index contributed by atoms with van der Waals surface area (Å²) in [7, 11) is 0. The molecule has 0 unspecified atom stereocenters. The predicted molar refractivity (Wildman–Crippen MR) is 90.8 cm³/mol. The molecule has 0 amide bonds. The van der Waals surface area contributed by atoms with Crippen molar-refractivity contribution in [3.05, 3.63) is 12.2 Å². The molecule has 0 aliphatic heterocycles. The fourth-order valence-electron chi connectivity index (χ4n) is 2.46. The summed E-state index contributed by atoms with van der Waals surface area (Å²) in [4.78, 5) is 10.3. The lowest BCUT2D eigenvalue weighted by Crippen LogP contribution is -2.26. The van der Waals surface area contributed by atoms with Crippen molar-refractivity contribution in [3.8, 4) is 0 Å². The molecule has 0 bridgehead atoms. The van der Waals surface area contributed by atoms with Crippen molar-refractivity contribution in [2.45, 2.75) is 95.9 Å². The number of carboxylic acids is 1. The second kappa shape index (κ2) is 14.7. The summed E-state index contributed by atoms with van der Waals surface area (Å²) >= 11 is 0. The minimum Gasteiger partial charge on any atom is -0.481 e. The molecule has 0 aliphatic rings. The van der Waals surface area contributed by atoms with Gasteiger partial charge in [-0.1, -0.05) is 50.7 Å². The molecule has 0 saturated carbocycles. The van der Waals surface area contributed by atoms with E-state index >= 15 is 0 Å². The highest BCUT2D eigenvalue weighted by Gasteiger charge is 2.16. The number of rotatable bonds is 16. The molecule has 0 radical (unpaired) electrons. The SMILES string of the molecule is O=C(O)CCCCCCCCC=CCCCCCCC(O)(O)O. The second-order valence-electron chi connectivity index (χ2n) is 6.25. The van der Waals surface area contributed by atoms with E-state index in [2.05, 4.69) is 12.2 Å². The maximum atomic E-state index is 10.3. The lowest BCUT2D eigenvalue weighted by Gasteiger charge is -2.12. The van der Waals surface area contributed by atoms with Gasteiger partial charge in [0, 0.05) is 12.8 Å². The maximum Gasteiger partial charge on any atom is 0.303 e. The minimum absolute atomic E-state index is 0.0130. The Morgan fingerprint density at radius 1 is 0.696 bits per heavy atom. The van der Waals surface area contributed by atoms with E-state index in [0.717, 1.165) is 51.4 Å². The zero-order valence-electron chi connectivity index (χ0n) is 14.3. The molecule has 0 aromatic rings. The highest BCUT2D eigenvalue weighted by Crippen LogP contribution is 2.12. The third-order valence-electron chi connectivity index (χ3n) is 3.81. The van der Waals surface area contributed by atoms with Gasteiger partial charge in [0.25, 0.3) is 5.97 Å². The molecule has 0 aromatic heterocycles. The van der Waals surface area contributed by atoms with Crippen molar-refractivity contribution < 1.29 is 25.2 Å². The minimum atomic E-state index is -2.50. The van der Waals surface area contributed by atoms with Crippen LogP contribution in [0.4, 0.5) is 0 Å². The quantitative estimate of drug-likeness (QED) is 0.196. The van der Waals surface area contributed by atoms with E-state index in [4.69, 9.17) is 20.4 Å². The van der Waals surface area contributed by atoms with E-state index in [0.29, 0.717) is 12.8 Å². The Hall–Kier alpha value is -0.910. The molecule has 23 heavy (non-hydrogen) atoms. The van der Waals surface area contributed by atoms with E-state index in [1.165, 1.54) is 19.3 Å². The van der Waals surface area contributed by atoms with Crippen LogP contribution in [0, 0.1) is 0 Å². The summed E-state index contributed by atoms with van der Waals surface area (Å²) in [6.07, 6.45) is 17.1. The molecular formula is C18H34O5. The Bertz CT molecular complexity index is 307. The number of carbonyl (C=O) groups is 1. The Kier molecular flexibility index (Phi) is 14.1. The zero-order valence-corrected chi connectivity index (χ0v) is 14.3. The average molecular weight is 330 g/mol. The van der Waals surface area contributed by atoms with Gasteiger partial charge in [-0.05, 0) is 38.5 Å². The van der Waals surface area contributed by atoms with Crippen LogP contribution < -0.4 is 0 Å². The van der Waals surface area contributed by atoms with Crippen LogP contribution in [-0.2, 0) is 4.79 Å². The summed E-state index contributed by atoms with van der Waals surface area (Å²) < 4.78 is 0. The van der Waals surface area contributed by atoms with Gasteiger partial charge < -0.3 is 20.4 Å². The maximum absolute atomic E-state index is 10.3. The molecule has 0 heterocycles. The number of aliphatic carboxylic acids is 1. The number of hydrogen-bond acceptors (Lipinski definition) is 4. The fraction of sp³-hybridized carbons (Fsp3) is 0.833. The van der Waals surface area contributed by atoms with Crippen LogP contribution in [0.3, 0.4) is 0 Å². The highest BCUT2D eigenvalue weighted by molar-refractivity contribution is 5.66. The molecule has 0 spiro atoms. The van der Waals surface area contributed by atoms with Crippen LogP contribution >= 0.6 is 0 Å². The zero-order chi connectivity index (χ0) is 17.4. The lowest BCUT2D eigenvalue weighted by atomic mass is 10.1. The third kappa shape index (κ3) is 21.1. The van der Waals surface area contributed by atoms with Gasteiger partial charge in [-0.25, -0.2) is 0 Å². The van der Waals surface area contributed by atoms with Crippen LogP contribution in [0.2, 0.25) is 0 Å². The van der Waals surface area contributed by atoms with Gasteiger partial charge in [-0.15, -0.1) is 0 Å². The van der Waals surface area contributed by atoms with E-state index in [9.17, 15) is 4.79 Å². The molecule has 5 nitrogen and oxygen atoms in total. The number of unbranched alkanes of at least 4 members (excludes halogenated alkanes) is 10. The van der Waals surface area contributed by atoms with Crippen molar-refractivity contribution >= 4 is 5.97 Å². The van der Waals surface area contributed by atoms with Gasteiger partial charge >= 0.3 is 5.97 Å². The van der Waals surface area contributed by atoms with Crippen LogP contribution in [0.5, 0.6) is 0 Å². The third-order valence-corrected chi connectivity index (χ3v) is 3.81. The molecule has 0 fully saturated rings. The van der Waals surface area contributed by atoms with Crippen molar-refractivity contribution in [3.63, 3.8) is 0 Å². The van der Waals surface area contributed by atoms with Crippen LogP contribution in [0.15, 0.2) is 12.2 Å². The van der Waals surface area contributed by atoms with Crippen molar-refractivity contribution in [2.24, 2.45) is 0 Å². The van der Waals surface area contributed by atoms with Gasteiger partial charge in [0.05, 0.1) is 0 Å². The molecule has 0 saturated heterocycles. The number of allylic oxidation sites excluding steroid dienone is 2. The smallest absolute Gasteiger partial charge is 0.303 e. The van der Waals surface area contributed by atoms with Gasteiger partial charge in [-0.3, -0.25) is 4.79 Å². The monoisotopic (exact) mass is 330 g/mol. The lowest BCUT2D eigenvalue weighted by molar-refractivity contribution is -0.315. The second-order valence-corrected chi connectivity index (χ2v) is 6.25. The van der Waals surface area contributed by atoms with Crippen LogP contribution in [0.1, 0.15) is 89.9 Å². The molecule has 0 atom stereocenters. The summed E-state index contributed by atoms with van der Waals surface area (Å²) in [5.41, 5.74) is 0. The first kappa shape index (κ1) is 22.1. The highest BCUT2D eigenvalue weighted by atomic mass is 16.7. The largest absolute Gasteiger partial charge is 0.481 e. The van der Waals surface area contributed by atoms with Gasteiger partial charge in [0.2, 0.25) is 0 Å². The molecular weight excluding hydrogens is 296 g/mol. The normalized spacial score (nSPS) is 12.1. The Morgan fingerprint density at radius 2 is 1.13 bits per heavy atom. The number of aliphatic hydroxyl groups is 3.